The molecule has 2 amide bonds. The summed E-state index contributed by atoms with van der Waals surface area (Å²) >= 11 is 0. The molecule has 0 spiro atoms. The number of quaternary nitrogens is 1. The second-order valence-corrected chi connectivity index (χ2v) is 4.88. The number of rotatable bonds is 2. The molecule has 3 N–H and O–H groups in total. The van der Waals surface area contributed by atoms with Crippen molar-refractivity contribution < 1.29 is 14.7 Å². The van der Waals surface area contributed by atoms with Crippen LogP contribution in [-0.4, -0.2) is 23.1 Å². The molecule has 0 radical (unpaired) electrons. The van der Waals surface area contributed by atoms with E-state index < -0.39 is 16.5 Å². The number of para-hydroxylation sites is 1. The summed E-state index contributed by atoms with van der Waals surface area (Å²) in [5, 5.41) is 9.51. The summed E-state index contributed by atoms with van der Waals surface area (Å²) in [4.78, 5) is 23.6. The van der Waals surface area contributed by atoms with Gasteiger partial charge >= 0.3 is 12.0 Å². The van der Waals surface area contributed by atoms with Gasteiger partial charge in [0.1, 0.15) is 6.20 Å². The molecule has 2 rings (SSSR count). The monoisotopic (exact) mass is 261 g/mol. The first-order valence-electron chi connectivity index (χ1n) is 6.10. The summed E-state index contributed by atoms with van der Waals surface area (Å²) in [5.74, 6) is -0.445. The predicted molar refractivity (Wildman–Crippen MR) is 73.2 cm³/mol. The lowest BCUT2D eigenvalue weighted by atomic mass is 10.0. The highest BCUT2D eigenvalue weighted by atomic mass is 16.4. The third-order valence-electron chi connectivity index (χ3n) is 3.32. The number of nitrogens with zero attached hydrogens (tertiary/aromatic N) is 1. The Kier molecular flexibility index (Phi) is 3.26. The number of hydrogen-bond donors (Lipinski definition) is 2. The van der Waals surface area contributed by atoms with Crippen LogP contribution in [-0.2, 0) is 4.79 Å². The zero-order valence-corrected chi connectivity index (χ0v) is 11.0. The van der Waals surface area contributed by atoms with Crippen LogP contribution in [0.25, 0.3) is 5.57 Å². The lowest BCUT2D eigenvalue weighted by molar-refractivity contribution is -0.124. The van der Waals surface area contributed by atoms with Gasteiger partial charge in [0.15, 0.2) is 5.69 Å². The summed E-state index contributed by atoms with van der Waals surface area (Å²) < 4.78 is -0.780. The van der Waals surface area contributed by atoms with Gasteiger partial charge in [-0.3, -0.25) is 0 Å². The molecule has 0 aliphatic carbocycles. The van der Waals surface area contributed by atoms with E-state index in [1.807, 2.05) is 19.1 Å². The Balaban J connectivity index is 2.67. The molecule has 0 saturated carbocycles. The van der Waals surface area contributed by atoms with Gasteiger partial charge in [0.05, 0.1) is 6.92 Å². The molecule has 0 fully saturated rings. The fraction of sp³-hybridized carbons (Fsp3) is 0.286. The van der Waals surface area contributed by atoms with Crippen molar-refractivity contribution in [3.63, 3.8) is 0 Å². The molecular formula is C14H17N2O3+. The Bertz CT molecular complexity index is 562. The number of imide groups is 1. The van der Waals surface area contributed by atoms with Crippen LogP contribution in [0, 0.1) is 0 Å². The molecule has 5 heteroatoms. The normalized spacial score (nSPS) is 22.6. The zero-order valence-electron chi connectivity index (χ0n) is 11.0. The quantitative estimate of drug-likeness (QED) is 0.800. The maximum absolute atomic E-state index is 11.9. The van der Waals surface area contributed by atoms with E-state index in [4.69, 9.17) is 5.73 Å². The van der Waals surface area contributed by atoms with Crippen LogP contribution >= 0.6 is 0 Å². The number of nitrogens with two attached hydrogens (primary N) is 1. The minimum Gasteiger partial charge on any atom is -0.434 e. The van der Waals surface area contributed by atoms with E-state index in [1.165, 1.54) is 13.1 Å². The van der Waals surface area contributed by atoms with Crippen LogP contribution in [0.2, 0.25) is 0 Å². The molecule has 1 aliphatic heterocycles. The van der Waals surface area contributed by atoms with Crippen LogP contribution in [0.1, 0.15) is 25.8 Å². The number of carbonyl (C=O) groups is 2. The summed E-state index contributed by atoms with van der Waals surface area (Å²) in [6.45, 7) is 3.14. The predicted octanol–water partition coefficient (Wildman–Crippen LogP) is 2.31. The molecule has 5 nitrogen and oxygen atoms in total. The van der Waals surface area contributed by atoms with Crippen molar-refractivity contribution in [3.8, 4) is 0 Å². The first-order chi connectivity index (χ1) is 8.89. The lowest BCUT2D eigenvalue weighted by Gasteiger charge is -2.21. The van der Waals surface area contributed by atoms with Crippen LogP contribution in [0.5, 0.6) is 0 Å². The lowest BCUT2D eigenvalue weighted by Crippen LogP contribution is -2.51. The first-order valence-corrected chi connectivity index (χ1v) is 6.10. The SMILES string of the molecule is CC(=O)[N+]1(C(=O)O)C=C(C[C@@H](C)N)c2ccccc21. The van der Waals surface area contributed by atoms with Gasteiger partial charge in [-0.1, -0.05) is 12.1 Å². The second-order valence-electron chi connectivity index (χ2n) is 4.88. The average molecular weight is 261 g/mol. The highest BCUT2D eigenvalue weighted by Gasteiger charge is 2.50. The topological polar surface area (TPSA) is 80.4 Å². The molecule has 1 heterocycles. The van der Waals surface area contributed by atoms with Crippen molar-refractivity contribution in [2.75, 3.05) is 0 Å². The minimum atomic E-state index is -1.19. The van der Waals surface area contributed by atoms with Gasteiger partial charge in [-0.05, 0) is 19.4 Å². The summed E-state index contributed by atoms with van der Waals surface area (Å²) in [6, 6.07) is 6.97. The van der Waals surface area contributed by atoms with Crippen molar-refractivity contribution in [3.05, 3.63) is 36.0 Å². The molecule has 0 bridgehead atoms. The maximum atomic E-state index is 11.9. The van der Waals surface area contributed by atoms with Crippen LogP contribution in [0.3, 0.4) is 0 Å². The Hall–Kier alpha value is -1.98. The molecule has 1 unspecified atom stereocenters. The molecule has 1 aliphatic rings. The van der Waals surface area contributed by atoms with E-state index >= 15 is 0 Å². The molecule has 0 aromatic heterocycles. The standard InChI is InChI=1S/C14H16N2O3/c1-9(15)7-11-8-16(10(2)17,14(18)19)13-6-4-3-5-12(11)13/h3-6,8-9H,7,15H2,1-2H3/p+1/t9-,16?/m1/s1. The number of carbonyl (C=O) groups excluding carboxylic acids is 1. The van der Waals surface area contributed by atoms with E-state index in [-0.39, 0.29) is 6.04 Å². The van der Waals surface area contributed by atoms with Gasteiger partial charge in [0.25, 0.3) is 0 Å². The van der Waals surface area contributed by atoms with Crippen LogP contribution in [0.4, 0.5) is 10.5 Å². The fourth-order valence-electron chi connectivity index (χ4n) is 2.49. The Morgan fingerprint density at radius 2 is 2.00 bits per heavy atom. The van der Waals surface area contributed by atoms with Gasteiger partial charge in [-0.2, -0.15) is 4.79 Å². The summed E-state index contributed by atoms with van der Waals surface area (Å²) in [5.41, 5.74) is 7.87. The Morgan fingerprint density at radius 3 is 2.53 bits per heavy atom. The van der Waals surface area contributed by atoms with Gasteiger partial charge < -0.3 is 10.8 Å². The third-order valence-corrected chi connectivity index (χ3v) is 3.32. The van der Waals surface area contributed by atoms with E-state index in [0.717, 1.165) is 11.1 Å². The molecule has 2 atom stereocenters. The largest absolute Gasteiger partial charge is 0.531 e. The van der Waals surface area contributed by atoms with E-state index in [9.17, 15) is 14.7 Å². The van der Waals surface area contributed by atoms with Crippen molar-refractivity contribution in [1.29, 1.82) is 0 Å². The minimum absolute atomic E-state index is 0.0972. The van der Waals surface area contributed by atoms with Gasteiger partial charge in [0, 0.05) is 23.2 Å². The van der Waals surface area contributed by atoms with Crippen molar-refractivity contribution in [1.82, 2.24) is 4.48 Å². The molecule has 100 valence electrons. The molecule has 0 saturated heterocycles. The molecule has 1 aromatic carbocycles. The number of amides is 2. The van der Waals surface area contributed by atoms with Crippen LogP contribution < -0.4 is 10.2 Å². The summed E-state index contributed by atoms with van der Waals surface area (Å²) in [7, 11) is 0. The van der Waals surface area contributed by atoms with Crippen molar-refractivity contribution in [2.45, 2.75) is 26.3 Å². The zero-order chi connectivity index (χ0) is 14.2. The fourth-order valence-corrected chi connectivity index (χ4v) is 2.49. The molecule has 19 heavy (non-hydrogen) atoms. The van der Waals surface area contributed by atoms with E-state index in [1.54, 1.807) is 12.1 Å². The van der Waals surface area contributed by atoms with Gasteiger partial charge in [0.2, 0.25) is 0 Å². The third kappa shape index (κ3) is 1.97. The number of fused-ring (bicyclic) bond motifs is 1. The Labute approximate surface area is 111 Å². The summed E-state index contributed by atoms with van der Waals surface area (Å²) in [6.07, 6.45) is 0.843. The van der Waals surface area contributed by atoms with Gasteiger partial charge in [-0.25, -0.2) is 4.79 Å². The smallest absolute Gasteiger partial charge is 0.434 e. The van der Waals surface area contributed by atoms with Crippen molar-refractivity contribution >= 4 is 23.3 Å². The second kappa shape index (κ2) is 4.60. The van der Waals surface area contributed by atoms with Crippen molar-refractivity contribution in [2.24, 2.45) is 5.73 Å². The van der Waals surface area contributed by atoms with E-state index in [0.29, 0.717) is 12.1 Å². The maximum Gasteiger partial charge on any atom is 0.531 e. The number of benzene rings is 1. The van der Waals surface area contributed by atoms with E-state index in [2.05, 4.69) is 0 Å². The van der Waals surface area contributed by atoms with Crippen LogP contribution in [0.15, 0.2) is 30.5 Å². The highest BCUT2D eigenvalue weighted by Crippen LogP contribution is 2.42. The first kappa shape index (κ1) is 13.5. The highest BCUT2D eigenvalue weighted by molar-refractivity contribution is 6.11. The number of hydrogen-bond acceptors (Lipinski definition) is 3. The molecular weight excluding hydrogens is 244 g/mol. The number of carboxylic acid groups (broad SMARTS) is 1. The Morgan fingerprint density at radius 1 is 1.37 bits per heavy atom. The van der Waals surface area contributed by atoms with Gasteiger partial charge in [-0.15, -0.1) is 4.48 Å². The molecule has 1 aromatic rings. The average Bonchev–Trinajstić information content (AvgIpc) is 2.65.